The summed E-state index contributed by atoms with van der Waals surface area (Å²) in [6, 6.07) is 5.14. The molecule has 5 nitrogen and oxygen atoms in total. The fourth-order valence-electron chi connectivity index (χ4n) is 1.29. The summed E-state index contributed by atoms with van der Waals surface area (Å²) in [5.41, 5.74) is 0.509. The van der Waals surface area contributed by atoms with Crippen LogP contribution in [0.2, 0.25) is 0 Å². The molecule has 0 fully saturated rings. The van der Waals surface area contributed by atoms with Crippen LogP contribution in [0.3, 0.4) is 0 Å². The van der Waals surface area contributed by atoms with Gasteiger partial charge in [0.05, 0.1) is 0 Å². The third-order valence-electron chi connectivity index (χ3n) is 2.20. The molecule has 1 aromatic heterocycles. The van der Waals surface area contributed by atoms with Gasteiger partial charge in [0, 0.05) is 12.3 Å². The van der Waals surface area contributed by atoms with E-state index in [4.69, 9.17) is 9.84 Å². The Morgan fingerprint density at radius 3 is 2.89 bits per heavy atom. The van der Waals surface area contributed by atoms with E-state index in [9.17, 15) is 9.18 Å². The summed E-state index contributed by atoms with van der Waals surface area (Å²) < 4.78 is 18.3. The van der Waals surface area contributed by atoms with E-state index in [1.54, 1.807) is 13.0 Å². The minimum absolute atomic E-state index is 0.136. The van der Waals surface area contributed by atoms with Crippen molar-refractivity contribution in [1.82, 2.24) is 9.97 Å². The number of ether oxygens (including phenoxy) is 1. The van der Waals surface area contributed by atoms with Gasteiger partial charge in [-0.25, -0.2) is 14.2 Å². The number of halogens is 1. The fraction of sp³-hybridized carbons (Fsp3) is 0.0833. The fourth-order valence-corrected chi connectivity index (χ4v) is 1.29. The number of rotatable bonds is 3. The maximum Gasteiger partial charge on any atom is 0.354 e. The minimum Gasteiger partial charge on any atom is -0.477 e. The van der Waals surface area contributed by atoms with E-state index in [-0.39, 0.29) is 17.5 Å². The van der Waals surface area contributed by atoms with Gasteiger partial charge in [0.1, 0.15) is 11.6 Å². The minimum atomic E-state index is -1.18. The summed E-state index contributed by atoms with van der Waals surface area (Å²) in [5, 5.41) is 8.77. The normalized spacial score (nSPS) is 10.1. The van der Waals surface area contributed by atoms with E-state index in [0.29, 0.717) is 5.56 Å². The lowest BCUT2D eigenvalue weighted by Gasteiger charge is -2.06. The Balaban J connectivity index is 2.31. The molecule has 1 aromatic carbocycles. The number of benzene rings is 1. The summed E-state index contributed by atoms with van der Waals surface area (Å²) in [4.78, 5) is 18.2. The molecule has 1 N–H and O–H groups in total. The second-order valence-electron chi connectivity index (χ2n) is 3.54. The molecule has 0 aliphatic carbocycles. The van der Waals surface area contributed by atoms with Crippen LogP contribution in [0.1, 0.15) is 16.1 Å². The molecule has 0 saturated carbocycles. The van der Waals surface area contributed by atoms with E-state index in [0.717, 1.165) is 0 Å². The zero-order valence-electron chi connectivity index (χ0n) is 9.42. The van der Waals surface area contributed by atoms with Crippen molar-refractivity contribution in [1.29, 1.82) is 0 Å². The monoisotopic (exact) mass is 248 g/mol. The van der Waals surface area contributed by atoms with Crippen LogP contribution < -0.4 is 4.74 Å². The third-order valence-corrected chi connectivity index (χ3v) is 2.20. The zero-order chi connectivity index (χ0) is 13.1. The summed E-state index contributed by atoms with van der Waals surface area (Å²) in [5.74, 6) is -1.39. The topological polar surface area (TPSA) is 72.3 Å². The van der Waals surface area contributed by atoms with Gasteiger partial charge in [0.15, 0.2) is 5.69 Å². The highest BCUT2D eigenvalue weighted by molar-refractivity contribution is 5.85. The van der Waals surface area contributed by atoms with Crippen molar-refractivity contribution < 1.29 is 19.0 Å². The van der Waals surface area contributed by atoms with Crippen molar-refractivity contribution in [3.05, 3.63) is 47.5 Å². The van der Waals surface area contributed by atoms with Crippen molar-refractivity contribution in [3.63, 3.8) is 0 Å². The number of aromatic nitrogens is 2. The van der Waals surface area contributed by atoms with Crippen LogP contribution in [-0.4, -0.2) is 21.0 Å². The van der Waals surface area contributed by atoms with Crippen LogP contribution in [-0.2, 0) is 0 Å². The molecule has 0 spiro atoms. The second-order valence-corrected chi connectivity index (χ2v) is 3.54. The number of carboxylic acids is 1. The van der Waals surface area contributed by atoms with Crippen LogP contribution in [0.4, 0.5) is 4.39 Å². The highest BCUT2D eigenvalue weighted by Crippen LogP contribution is 2.23. The number of hydrogen-bond acceptors (Lipinski definition) is 4. The average Bonchev–Trinajstić information content (AvgIpc) is 2.34. The van der Waals surface area contributed by atoms with E-state index in [2.05, 4.69) is 9.97 Å². The number of hydrogen-bond donors (Lipinski definition) is 1. The van der Waals surface area contributed by atoms with Crippen molar-refractivity contribution in [2.75, 3.05) is 0 Å². The first-order valence-electron chi connectivity index (χ1n) is 5.06. The largest absolute Gasteiger partial charge is 0.477 e. The third kappa shape index (κ3) is 2.60. The summed E-state index contributed by atoms with van der Waals surface area (Å²) in [6.45, 7) is 1.73. The molecule has 1 heterocycles. The second kappa shape index (κ2) is 4.79. The van der Waals surface area contributed by atoms with Gasteiger partial charge < -0.3 is 9.84 Å². The molecule has 6 heteroatoms. The summed E-state index contributed by atoms with van der Waals surface area (Å²) in [7, 11) is 0. The molecule has 18 heavy (non-hydrogen) atoms. The zero-order valence-corrected chi connectivity index (χ0v) is 9.42. The molecular weight excluding hydrogens is 239 g/mol. The van der Waals surface area contributed by atoms with Gasteiger partial charge in [-0.3, -0.25) is 0 Å². The lowest BCUT2D eigenvalue weighted by Crippen LogP contribution is -2.02. The van der Waals surface area contributed by atoms with Gasteiger partial charge in [-0.2, -0.15) is 4.98 Å². The molecule has 0 aliphatic heterocycles. The van der Waals surface area contributed by atoms with Crippen molar-refractivity contribution in [3.8, 4) is 11.8 Å². The standard InChI is InChI=1S/C12H9FN2O3/c1-7-2-3-8(13)6-10(7)18-12-14-5-4-9(15-12)11(16)17/h2-6H,1H3,(H,16,17). The van der Waals surface area contributed by atoms with Crippen molar-refractivity contribution in [2.24, 2.45) is 0 Å². The first-order valence-corrected chi connectivity index (χ1v) is 5.06. The smallest absolute Gasteiger partial charge is 0.354 e. The number of nitrogens with zero attached hydrogens (tertiary/aromatic N) is 2. The Bertz CT molecular complexity index is 602. The van der Waals surface area contributed by atoms with Crippen LogP contribution in [0, 0.1) is 12.7 Å². The lowest BCUT2D eigenvalue weighted by molar-refractivity contribution is 0.0689. The Morgan fingerprint density at radius 1 is 1.39 bits per heavy atom. The van der Waals surface area contributed by atoms with Gasteiger partial charge in [-0.1, -0.05) is 6.07 Å². The highest BCUT2D eigenvalue weighted by atomic mass is 19.1. The molecule has 0 bridgehead atoms. The number of aromatic carboxylic acids is 1. The maximum atomic E-state index is 13.0. The molecule has 2 aromatic rings. The maximum absolute atomic E-state index is 13.0. The van der Waals surface area contributed by atoms with E-state index in [1.165, 1.54) is 24.4 Å². The number of aryl methyl sites for hydroxylation is 1. The summed E-state index contributed by atoms with van der Waals surface area (Å²) in [6.07, 6.45) is 1.26. The Hall–Kier alpha value is -2.50. The van der Waals surface area contributed by atoms with Gasteiger partial charge >= 0.3 is 12.0 Å². The Kier molecular flexibility index (Phi) is 3.18. The summed E-state index contributed by atoms with van der Waals surface area (Å²) >= 11 is 0. The van der Waals surface area contributed by atoms with Crippen LogP contribution >= 0.6 is 0 Å². The first kappa shape index (κ1) is 12.0. The molecule has 0 unspecified atom stereocenters. The Labute approximate surface area is 102 Å². The van der Waals surface area contributed by atoms with Crippen molar-refractivity contribution >= 4 is 5.97 Å². The van der Waals surface area contributed by atoms with Gasteiger partial charge in [0.25, 0.3) is 0 Å². The predicted molar refractivity (Wildman–Crippen MR) is 60.2 cm³/mol. The average molecular weight is 248 g/mol. The first-order chi connectivity index (χ1) is 8.56. The molecule has 92 valence electrons. The van der Waals surface area contributed by atoms with E-state index in [1.807, 2.05) is 0 Å². The number of carbonyl (C=O) groups is 1. The van der Waals surface area contributed by atoms with Crippen LogP contribution in [0.25, 0.3) is 0 Å². The van der Waals surface area contributed by atoms with Crippen LogP contribution in [0.5, 0.6) is 11.8 Å². The van der Waals surface area contributed by atoms with Gasteiger partial charge in [-0.15, -0.1) is 0 Å². The molecule has 0 atom stereocenters. The Morgan fingerprint density at radius 2 is 2.17 bits per heavy atom. The van der Waals surface area contributed by atoms with Crippen LogP contribution in [0.15, 0.2) is 30.5 Å². The van der Waals surface area contributed by atoms with Crippen molar-refractivity contribution in [2.45, 2.75) is 6.92 Å². The van der Waals surface area contributed by atoms with E-state index < -0.39 is 11.8 Å². The molecule has 0 saturated heterocycles. The molecule has 0 aliphatic rings. The lowest BCUT2D eigenvalue weighted by atomic mass is 10.2. The molecular formula is C12H9FN2O3. The van der Waals surface area contributed by atoms with E-state index >= 15 is 0 Å². The van der Waals surface area contributed by atoms with Gasteiger partial charge in [-0.05, 0) is 24.6 Å². The van der Waals surface area contributed by atoms with Gasteiger partial charge in [0.2, 0.25) is 0 Å². The molecule has 0 radical (unpaired) electrons. The molecule has 0 amide bonds. The SMILES string of the molecule is Cc1ccc(F)cc1Oc1nccc(C(=O)O)n1. The highest BCUT2D eigenvalue weighted by Gasteiger charge is 2.09. The number of carboxylic acid groups (broad SMARTS) is 1. The molecule has 2 rings (SSSR count). The quantitative estimate of drug-likeness (QED) is 0.902. The predicted octanol–water partition coefficient (Wildman–Crippen LogP) is 2.41.